The Morgan fingerprint density at radius 2 is 1.29 bits per heavy atom. The predicted octanol–water partition coefficient (Wildman–Crippen LogP) is 12.4. The average Bonchev–Trinajstić information content (AvgIpc) is 3.66. The van der Waals surface area contributed by atoms with E-state index in [0.29, 0.717) is 29.8 Å². The molecular weight excluding hydrogens is 594 g/mol. The van der Waals surface area contributed by atoms with Crippen LogP contribution in [0.4, 0.5) is 5.69 Å². The van der Waals surface area contributed by atoms with Crippen molar-refractivity contribution in [3.8, 4) is 34.1 Å². The lowest BCUT2D eigenvalue weighted by Gasteiger charge is -2.17. The lowest BCUT2D eigenvalue weighted by Crippen LogP contribution is -2.15. The number of imidazole rings is 1. The molecule has 0 spiro atoms. The van der Waals surface area contributed by atoms with Gasteiger partial charge in [0, 0.05) is 11.1 Å². The zero-order valence-corrected chi connectivity index (χ0v) is 28.5. The highest BCUT2D eigenvalue weighted by atomic mass is 16.5. The fourth-order valence-corrected chi connectivity index (χ4v) is 6.48. The molecule has 1 N–H and O–H groups in total. The van der Waals surface area contributed by atoms with Crippen LogP contribution in [0.5, 0.6) is 11.6 Å². The third kappa shape index (κ3) is 8.58. The first kappa shape index (κ1) is 34.6. The van der Waals surface area contributed by atoms with Crippen molar-refractivity contribution < 1.29 is 14.3 Å². The summed E-state index contributed by atoms with van der Waals surface area (Å²) in [7, 11) is 0. The van der Waals surface area contributed by atoms with Crippen molar-refractivity contribution in [1.29, 1.82) is 0 Å². The van der Waals surface area contributed by atoms with Gasteiger partial charge >= 0.3 is 5.97 Å². The summed E-state index contributed by atoms with van der Waals surface area (Å²) >= 11 is 0. The number of nitrogens with zero attached hydrogens (tertiary/aromatic N) is 2. The number of hydrogen-bond acceptors (Lipinski definition) is 3. The standard InChI is InChI=1S/C42H49N3O3/c1-4-6-8-10-11-16-24-32(23-15-9-7-5-2)31-47-42(46)36-38(43-3)41(48-35-29-21-14-22-30-35)45-39(34-27-19-13-20-28-34)37(44-40(36)45)33-25-17-12-18-26-33/h12-14,17-22,25-30,32,44H,4-11,15-16,23-24,31H2,1-2H3. The Morgan fingerprint density at radius 1 is 0.750 bits per heavy atom. The van der Waals surface area contributed by atoms with E-state index < -0.39 is 5.97 Å². The molecule has 3 aromatic carbocycles. The van der Waals surface area contributed by atoms with Crippen LogP contribution in [-0.2, 0) is 4.74 Å². The van der Waals surface area contributed by atoms with Gasteiger partial charge in [-0.3, -0.25) is 4.40 Å². The predicted molar refractivity (Wildman–Crippen MR) is 196 cm³/mol. The van der Waals surface area contributed by atoms with Crippen molar-refractivity contribution in [3.05, 3.63) is 108 Å². The van der Waals surface area contributed by atoms with Crippen LogP contribution in [0, 0.1) is 12.5 Å². The largest absolute Gasteiger partial charge is 0.463 e. The molecule has 1 atom stereocenters. The topological polar surface area (TPSA) is 60.1 Å². The third-order valence-corrected chi connectivity index (χ3v) is 9.07. The maximum absolute atomic E-state index is 14.2. The summed E-state index contributed by atoms with van der Waals surface area (Å²) in [6.07, 6.45) is 14.3. The van der Waals surface area contributed by atoms with Gasteiger partial charge in [-0.2, -0.15) is 0 Å². The molecule has 0 fully saturated rings. The summed E-state index contributed by atoms with van der Waals surface area (Å²) < 4.78 is 14.5. The highest BCUT2D eigenvalue weighted by Crippen LogP contribution is 2.46. The molecule has 0 saturated heterocycles. The molecule has 0 amide bonds. The van der Waals surface area contributed by atoms with Crippen molar-refractivity contribution in [2.45, 2.75) is 90.9 Å². The number of para-hydroxylation sites is 1. The fourth-order valence-electron chi connectivity index (χ4n) is 6.48. The van der Waals surface area contributed by atoms with Crippen LogP contribution in [0.25, 0.3) is 33.0 Å². The maximum Gasteiger partial charge on any atom is 0.331 e. The van der Waals surface area contributed by atoms with Gasteiger partial charge in [0.15, 0.2) is 0 Å². The molecule has 0 aliphatic carbocycles. The second kappa shape index (κ2) is 18.0. The van der Waals surface area contributed by atoms with Gasteiger partial charge < -0.3 is 14.5 Å². The Balaban J connectivity index is 1.53. The number of fused-ring (bicyclic) bond motifs is 1. The number of rotatable bonds is 19. The van der Waals surface area contributed by atoms with E-state index in [2.05, 4.69) is 23.7 Å². The molecule has 5 aromatic rings. The molecule has 250 valence electrons. The average molecular weight is 644 g/mol. The smallest absolute Gasteiger partial charge is 0.331 e. The summed E-state index contributed by atoms with van der Waals surface area (Å²) in [5.74, 6) is 0.672. The lowest BCUT2D eigenvalue weighted by molar-refractivity contribution is 0.0425. The van der Waals surface area contributed by atoms with Gasteiger partial charge in [-0.1, -0.05) is 157 Å². The van der Waals surface area contributed by atoms with Crippen LogP contribution in [0.3, 0.4) is 0 Å². The monoisotopic (exact) mass is 643 g/mol. The number of esters is 1. The molecule has 5 rings (SSSR count). The van der Waals surface area contributed by atoms with Crippen molar-refractivity contribution in [3.63, 3.8) is 0 Å². The van der Waals surface area contributed by atoms with E-state index in [1.807, 2.05) is 95.4 Å². The minimum absolute atomic E-state index is 0.141. The van der Waals surface area contributed by atoms with Gasteiger partial charge in [0.25, 0.3) is 5.69 Å². The fraction of sp³-hybridized carbons (Fsp3) is 0.381. The number of nitrogens with one attached hydrogen (secondary N) is 1. The van der Waals surface area contributed by atoms with Gasteiger partial charge in [0.05, 0.1) is 24.6 Å². The van der Waals surface area contributed by atoms with Gasteiger partial charge in [0.1, 0.15) is 17.0 Å². The van der Waals surface area contributed by atoms with E-state index >= 15 is 0 Å². The molecule has 0 aliphatic heterocycles. The summed E-state index contributed by atoms with van der Waals surface area (Å²) in [4.78, 5) is 21.6. The first-order valence-electron chi connectivity index (χ1n) is 17.8. The van der Waals surface area contributed by atoms with Crippen LogP contribution in [-0.4, -0.2) is 22.0 Å². The Bertz CT molecular complexity index is 1750. The first-order chi connectivity index (χ1) is 23.7. The summed E-state index contributed by atoms with van der Waals surface area (Å²) in [5.41, 5.74) is 4.37. The molecule has 1 unspecified atom stereocenters. The number of carbonyl (C=O) groups is 1. The van der Waals surface area contributed by atoms with E-state index in [9.17, 15) is 4.79 Å². The Hall–Kier alpha value is -4.76. The second-order valence-corrected chi connectivity index (χ2v) is 12.7. The highest BCUT2D eigenvalue weighted by molar-refractivity contribution is 6.06. The second-order valence-electron chi connectivity index (χ2n) is 12.7. The zero-order chi connectivity index (χ0) is 33.6. The number of aromatic amines is 1. The zero-order valence-electron chi connectivity index (χ0n) is 28.5. The molecule has 0 saturated carbocycles. The van der Waals surface area contributed by atoms with E-state index in [4.69, 9.17) is 16.0 Å². The van der Waals surface area contributed by atoms with Gasteiger partial charge in [-0.15, -0.1) is 0 Å². The third-order valence-electron chi connectivity index (χ3n) is 9.07. The van der Waals surface area contributed by atoms with Crippen LogP contribution >= 0.6 is 0 Å². The van der Waals surface area contributed by atoms with Crippen molar-refractivity contribution >= 4 is 17.3 Å². The molecular formula is C42H49N3O3. The minimum Gasteiger partial charge on any atom is -0.463 e. The van der Waals surface area contributed by atoms with E-state index in [-0.39, 0.29) is 11.3 Å². The number of ether oxygens (including phenoxy) is 2. The lowest BCUT2D eigenvalue weighted by atomic mass is 9.95. The summed E-state index contributed by atoms with van der Waals surface area (Å²) in [6, 6.07) is 29.4. The number of H-pyrrole nitrogens is 1. The molecule has 0 aliphatic rings. The molecule has 6 heteroatoms. The summed E-state index contributed by atoms with van der Waals surface area (Å²) in [6.45, 7) is 13.1. The molecule has 6 nitrogen and oxygen atoms in total. The van der Waals surface area contributed by atoms with Crippen LogP contribution in [0.1, 0.15) is 101 Å². The van der Waals surface area contributed by atoms with Crippen LogP contribution in [0.15, 0.2) is 91.0 Å². The van der Waals surface area contributed by atoms with Gasteiger partial charge in [-0.05, 0) is 30.9 Å². The van der Waals surface area contributed by atoms with Gasteiger partial charge in [-0.25, -0.2) is 9.64 Å². The number of hydrogen-bond donors (Lipinski definition) is 1. The Morgan fingerprint density at radius 3 is 1.90 bits per heavy atom. The Kier molecular flexibility index (Phi) is 12.9. The van der Waals surface area contributed by atoms with E-state index in [0.717, 1.165) is 48.2 Å². The first-order valence-corrected chi connectivity index (χ1v) is 17.8. The van der Waals surface area contributed by atoms with E-state index in [1.54, 1.807) is 0 Å². The number of carbonyl (C=O) groups excluding carboxylic acids is 1. The van der Waals surface area contributed by atoms with Crippen LogP contribution < -0.4 is 4.74 Å². The Labute approximate surface area is 285 Å². The van der Waals surface area contributed by atoms with E-state index in [1.165, 1.54) is 51.4 Å². The van der Waals surface area contributed by atoms with Crippen molar-refractivity contribution in [1.82, 2.24) is 9.38 Å². The SMILES string of the molecule is [C-]#[N+]c1c(C(=O)OCC(CCCCCC)CCCCCCCC)c2[nH]c(-c3ccccc3)c(-c3ccccc3)n2c1Oc1ccccc1. The highest BCUT2D eigenvalue weighted by Gasteiger charge is 2.32. The quantitative estimate of drug-likeness (QED) is 0.0553. The maximum atomic E-state index is 14.2. The molecule has 2 heterocycles. The minimum atomic E-state index is -0.497. The van der Waals surface area contributed by atoms with Crippen molar-refractivity contribution in [2.24, 2.45) is 5.92 Å². The number of unbranched alkanes of at least 4 members (excludes halogenated alkanes) is 8. The van der Waals surface area contributed by atoms with Crippen molar-refractivity contribution in [2.75, 3.05) is 6.61 Å². The van der Waals surface area contributed by atoms with Gasteiger partial charge in [0.2, 0.25) is 5.88 Å². The molecule has 0 bridgehead atoms. The normalized spacial score (nSPS) is 11.8. The van der Waals surface area contributed by atoms with Crippen LogP contribution in [0.2, 0.25) is 0 Å². The summed E-state index contributed by atoms with van der Waals surface area (Å²) in [5, 5.41) is 0. The number of aromatic nitrogens is 2. The number of benzene rings is 3. The molecule has 48 heavy (non-hydrogen) atoms. The molecule has 0 radical (unpaired) electrons. The molecule has 2 aromatic heterocycles.